The molecule has 0 atom stereocenters. The van der Waals surface area contributed by atoms with Gasteiger partial charge in [0.15, 0.2) is 0 Å². The predicted octanol–water partition coefficient (Wildman–Crippen LogP) is 7.19. The van der Waals surface area contributed by atoms with E-state index < -0.39 is 20.5 Å². The van der Waals surface area contributed by atoms with Crippen molar-refractivity contribution in [1.29, 1.82) is 0 Å². The average Bonchev–Trinajstić information content (AvgIpc) is 3.18. The summed E-state index contributed by atoms with van der Waals surface area (Å²) in [5.41, 5.74) is 1.35. The van der Waals surface area contributed by atoms with Crippen molar-refractivity contribution in [1.82, 2.24) is 0 Å². The molecule has 0 spiro atoms. The molecule has 0 bridgehead atoms. The van der Waals surface area contributed by atoms with E-state index in [-0.39, 0.29) is 11.1 Å². The predicted molar refractivity (Wildman–Crippen MR) is 95.6 cm³/mol. The normalized spacial score (nSPS) is 14.6. The lowest BCUT2D eigenvalue weighted by Gasteiger charge is -2.08. The molecule has 0 fully saturated rings. The lowest BCUT2D eigenvalue weighted by Crippen LogP contribution is -2.18. The number of hydrogen-bond donors (Lipinski definition) is 0. The fourth-order valence-corrected chi connectivity index (χ4v) is 3.89. The Morgan fingerprint density at radius 1 is 0.923 bits per heavy atom. The summed E-state index contributed by atoms with van der Waals surface area (Å²) in [6.07, 6.45) is -7.25. The number of thiophene rings is 2. The molecular weight excluding hydrogens is 411 g/mol. The maximum absolute atomic E-state index is 13.8. The van der Waals surface area contributed by atoms with Crippen LogP contribution in [0.4, 0.5) is 17.6 Å². The molecule has 2 heterocycles. The van der Waals surface area contributed by atoms with Gasteiger partial charge in [-0.2, -0.15) is 40.2 Å². The molecule has 2 rings (SSSR count). The van der Waals surface area contributed by atoms with Crippen LogP contribution in [-0.4, -0.2) is 12.2 Å². The van der Waals surface area contributed by atoms with Crippen LogP contribution in [0.25, 0.3) is 11.1 Å². The highest BCUT2D eigenvalue weighted by Crippen LogP contribution is 2.41. The molecule has 0 aliphatic carbocycles. The van der Waals surface area contributed by atoms with E-state index in [1.807, 2.05) is 0 Å². The maximum Gasteiger partial charge on any atom is 0.710 e. The highest BCUT2D eigenvalue weighted by Gasteiger charge is 2.48. The van der Waals surface area contributed by atoms with Crippen LogP contribution in [0, 0.1) is 0 Å². The topological polar surface area (TPSA) is 35.5 Å². The first kappa shape index (κ1) is 20.9. The molecular formula is C16H14F4O3PS2+. The van der Waals surface area contributed by atoms with Gasteiger partial charge in [-0.05, 0) is 78.8 Å². The Bertz CT molecular complexity index is 733. The minimum absolute atomic E-state index is 0.152. The molecule has 26 heavy (non-hydrogen) atoms. The standard InChI is InChI=1S/C16H14F4O3PS2/c1-11(13-3-5-25-9-13)7-15(17,18)22-24(21)23-16(19,20)8-12(2)14-4-6-26-10-14/h3-10H,1-2H3/q+1. The second-order valence-electron chi connectivity index (χ2n) is 5.21. The summed E-state index contributed by atoms with van der Waals surface area (Å²) in [5.74, 6) is 0. The van der Waals surface area contributed by atoms with Gasteiger partial charge in [-0.3, -0.25) is 0 Å². The van der Waals surface area contributed by atoms with Crippen molar-refractivity contribution < 1.29 is 31.2 Å². The lowest BCUT2D eigenvalue weighted by molar-refractivity contribution is -0.167. The molecule has 10 heteroatoms. The second kappa shape index (κ2) is 8.54. The van der Waals surface area contributed by atoms with Crippen molar-refractivity contribution in [2.75, 3.05) is 0 Å². The van der Waals surface area contributed by atoms with E-state index in [1.54, 1.807) is 33.7 Å². The third kappa shape index (κ3) is 6.41. The number of rotatable bonds is 8. The molecule has 0 aliphatic rings. The monoisotopic (exact) mass is 425 g/mol. The Kier molecular flexibility index (Phi) is 6.87. The van der Waals surface area contributed by atoms with Crippen LogP contribution in [0.15, 0.2) is 45.8 Å². The van der Waals surface area contributed by atoms with Gasteiger partial charge in [0.25, 0.3) is 0 Å². The third-order valence-electron chi connectivity index (χ3n) is 3.11. The highest BCUT2D eigenvalue weighted by molar-refractivity contribution is 7.33. The summed E-state index contributed by atoms with van der Waals surface area (Å²) < 4.78 is 74.3. The second-order valence-corrected chi connectivity index (χ2v) is 7.58. The summed E-state index contributed by atoms with van der Waals surface area (Å²) in [6.45, 7) is 2.80. The van der Waals surface area contributed by atoms with E-state index >= 15 is 0 Å². The Hall–Kier alpha value is -1.38. The largest absolute Gasteiger partial charge is 0.710 e. The van der Waals surface area contributed by atoms with Crippen molar-refractivity contribution in [2.45, 2.75) is 26.1 Å². The van der Waals surface area contributed by atoms with Gasteiger partial charge in [0.1, 0.15) is 0 Å². The van der Waals surface area contributed by atoms with Crippen molar-refractivity contribution >= 4 is 42.1 Å². The van der Waals surface area contributed by atoms with Gasteiger partial charge < -0.3 is 0 Å². The number of hydrogen-bond acceptors (Lipinski definition) is 5. The van der Waals surface area contributed by atoms with Crippen LogP contribution in [-0.2, 0) is 13.6 Å². The summed E-state index contributed by atoms with van der Waals surface area (Å²) in [6, 6.07) is 3.21. The molecule has 0 aliphatic heterocycles. The summed E-state index contributed by atoms with van der Waals surface area (Å²) in [7, 11) is -3.77. The van der Waals surface area contributed by atoms with Gasteiger partial charge in [0, 0.05) is 16.7 Å². The van der Waals surface area contributed by atoms with Crippen LogP contribution < -0.4 is 0 Å². The lowest BCUT2D eigenvalue weighted by atomic mass is 10.1. The molecule has 0 aromatic carbocycles. The molecule has 2 aromatic heterocycles. The van der Waals surface area contributed by atoms with Crippen molar-refractivity contribution in [3.05, 3.63) is 56.9 Å². The number of alkyl halides is 4. The molecule has 140 valence electrons. The smallest absolute Gasteiger partial charge is 0.167 e. The third-order valence-corrected chi connectivity index (χ3v) is 5.27. The molecule has 3 nitrogen and oxygen atoms in total. The Morgan fingerprint density at radius 2 is 1.31 bits per heavy atom. The van der Waals surface area contributed by atoms with Gasteiger partial charge >= 0.3 is 20.5 Å². The first-order chi connectivity index (χ1) is 12.1. The van der Waals surface area contributed by atoms with E-state index in [0.29, 0.717) is 23.3 Å². The summed E-state index contributed by atoms with van der Waals surface area (Å²) in [4.78, 5) is 0. The van der Waals surface area contributed by atoms with Crippen molar-refractivity contribution in [2.24, 2.45) is 0 Å². The van der Waals surface area contributed by atoms with Crippen molar-refractivity contribution in [3.63, 3.8) is 0 Å². The Balaban J connectivity index is 2.02. The molecule has 0 unspecified atom stereocenters. The van der Waals surface area contributed by atoms with E-state index in [1.165, 1.54) is 36.5 Å². The fraction of sp³-hybridized carbons (Fsp3) is 0.250. The van der Waals surface area contributed by atoms with Crippen LogP contribution in [0.3, 0.4) is 0 Å². The molecule has 2 aromatic rings. The molecule has 0 amide bonds. The van der Waals surface area contributed by atoms with Gasteiger partial charge in [0.2, 0.25) is 0 Å². The van der Waals surface area contributed by atoms with E-state index in [4.69, 9.17) is 0 Å². The SMILES string of the molecule is CC(=CC(F)(F)O[P+](=O)OC(F)(F)C=C(C)c1ccsc1)c1ccsc1. The van der Waals surface area contributed by atoms with Gasteiger partial charge in [-0.25, -0.2) is 0 Å². The highest BCUT2D eigenvalue weighted by atomic mass is 32.1. The Labute approximate surface area is 156 Å². The van der Waals surface area contributed by atoms with Gasteiger partial charge in [0.05, 0.1) is 0 Å². The van der Waals surface area contributed by atoms with E-state index in [2.05, 4.69) is 9.05 Å². The van der Waals surface area contributed by atoms with Crippen LogP contribution in [0.1, 0.15) is 25.0 Å². The maximum atomic E-state index is 13.8. The van der Waals surface area contributed by atoms with Crippen LogP contribution in [0.2, 0.25) is 0 Å². The van der Waals surface area contributed by atoms with Gasteiger partial charge in [-0.15, -0.1) is 0 Å². The van der Waals surface area contributed by atoms with Crippen LogP contribution in [0.5, 0.6) is 0 Å². The van der Waals surface area contributed by atoms with E-state index in [9.17, 15) is 22.1 Å². The molecule has 0 saturated carbocycles. The fourth-order valence-electron chi connectivity index (χ4n) is 1.92. The zero-order chi connectivity index (χ0) is 19.4. The van der Waals surface area contributed by atoms with Crippen molar-refractivity contribution in [3.8, 4) is 0 Å². The van der Waals surface area contributed by atoms with Crippen LogP contribution >= 0.6 is 30.9 Å². The first-order valence-electron chi connectivity index (χ1n) is 7.13. The zero-order valence-corrected chi connectivity index (χ0v) is 16.1. The molecule has 0 radical (unpaired) electrons. The average molecular weight is 425 g/mol. The quantitative estimate of drug-likeness (QED) is 0.332. The zero-order valence-electron chi connectivity index (χ0n) is 13.6. The molecule has 0 N–H and O–H groups in total. The van der Waals surface area contributed by atoms with Gasteiger partial charge in [-0.1, -0.05) is 0 Å². The Morgan fingerprint density at radius 3 is 1.62 bits per heavy atom. The molecule has 0 saturated heterocycles. The number of allylic oxidation sites excluding steroid dienone is 2. The minimum atomic E-state index is -4.03. The summed E-state index contributed by atoms with van der Waals surface area (Å²) >= 11 is 2.61. The first-order valence-corrected chi connectivity index (χ1v) is 10.1. The minimum Gasteiger partial charge on any atom is -0.167 e. The number of halogens is 4. The van der Waals surface area contributed by atoms with E-state index in [0.717, 1.165) is 0 Å². The summed E-state index contributed by atoms with van der Waals surface area (Å²) in [5, 5.41) is 6.64.